The number of hydrogen-bond donors (Lipinski definition) is 2. The SMILES string of the molecule is CC1=C(C#N)C(c2cc(-c3cccnc3)ccc2F)NC(=O)N1. The van der Waals surface area contributed by atoms with Crippen molar-refractivity contribution >= 4 is 6.03 Å². The van der Waals surface area contributed by atoms with Gasteiger partial charge in [0, 0.05) is 29.2 Å². The molecule has 1 aliphatic heterocycles. The summed E-state index contributed by atoms with van der Waals surface area (Å²) in [6.45, 7) is 1.62. The molecule has 2 aromatic rings. The van der Waals surface area contributed by atoms with Crippen molar-refractivity contribution in [3.05, 3.63) is 65.4 Å². The normalized spacial score (nSPS) is 17.3. The molecule has 0 saturated heterocycles. The molecule has 2 heterocycles. The number of nitrogens with zero attached hydrogens (tertiary/aromatic N) is 2. The third-order valence-corrected chi connectivity index (χ3v) is 3.69. The summed E-state index contributed by atoms with van der Waals surface area (Å²) in [5.74, 6) is -0.481. The van der Waals surface area contributed by atoms with Gasteiger partial charge in [0.2, 0.25) is 0 Å². The summed E-state index contributed by atoms with van der Waals surface area (Å²) in [6, 6.07) is 9.01. The molecule has 2 N–H and O–H groups in total. The minimum Gasteiger partial charge on any atom is -0.326 e. The number of carbonyl (C=O) groups excluding carboxylic acids is 1. The van der Waals surface area contributed by atoms with Crippen molar-refractivity contribution in [3.8, 4) is 17.2 Å². The number of benzene rings is 1. The molecule has 0 fully saturated rings. The largest absolute Gasteiger partial charge is 0.326 e. The Balaban J connectivity index is 2.11. The van der Waals surface area contributed by atoms with Crippen LogP contribution >= 0.6 is 0 Å². The van der Waals surface area contributed by atoms with Gasteiger partial charge in [-0.1, -0.05) is 12.1 Å². The molecule has 1 aliphatic rings. The molecule has 1 aromatic carbocycles. The van der Waals surface area contributed by atoms with E-state index < -0.39 is 17.9 Å². The van der Waals surface area contributed by atoms with Gasteiger partial charge in [-0.2, -0.15) is 5.26 Å². The van der Waals surface area contributed by atoms with Crippen molar-refractivity contribution in [1.29, 1.82) is 5.26 Å². The van der Waals surface area contributed by atoms with Crippen molar-refractivity contribution in [2.45, 2.75) is 13.0 Å². The van der Waals surface area contributed by atoms with E-state index in [0.29, 0.717) is 5.70 Å². The minimum absolute atomic E-state index is 0.247. The van der Waals surface area contributed by atoms with Gasteiger partial charge in [0.05, 0.1) is 17.7 Å². The number of halogens is 1. The van der Waals surface area contributed by atoms with Crippen LogP contribution in [-0.2, 0) is 0 Å². The lowest BCUT2D eigenvalue weighted by Gasteiger charge is -2.26. The van der Waals surface area contributed by atoms with Crippen LogP contribution in [-0.4, -0.2) is 11.0 Å². The van der Waals surface area contributed by atoms with Crippen LogP contribution in [0.25, 0.3) is 11.1 Å². The zero-order chi connectivity index (χ0) is 16.4. The Hall–Kier alpha value is -3.20. The molecule has 0 spiro atoms. The summed E-state index contributed by atoms with van der Waals surface area (Å²) in [5, 5.41) is 14.4. The van der Waals surface area contributed by atoms with Crippen LogP contribution in [0.15, 0.2) is 54.0 Å². The Labute approximate surface area is 132 Å². The average Bonchev–Trinajstić information content (AvgIpc) is 2.55. The van der Waals surface area contributed by atoms with Gasteiger partial charge in [-0.15, -0.1) is 0 Å². The molecule has 6 heteroatoms. The van der Waals surface area contributed by atoms with Crippen molar-refractivity contribution in [1.82, 2.24) is 15.6 Å². The second-order valence-electron chi connectivity index (χ2n) is 5.16. The maximum absolute atomic E-state index is 14.3. The molecule has 23 heavy (non-hydrogen) atoms. The lowest BCUT2D eigenvalue weighted by atomic mass is 9.93. The number of aromatic nitrogens is 1. The Bertz CT molecular complexity index is 839. The van der Waals surface area contributed by atoms with Gasteiger partial charge in [-0.05, 0) is 30.7 Å². The summed E-state index contributed by atoms with van der Waals surface area (Å²) in [6.07, 6.45) is 3.32. The standard InChI is InChI=1S/C17H13FN4O/c1-10-14(8-19)16(22-17(23)21-10)13-7-11(4-5-15(13)18)12-3-2-6-20-9-12/h2-7,9,16H,1H3,(H2,21,22,23). The number of amides is 2. The van der Waals surface area contributed by atoms with E-state index in [9.17, 15) is 14.4 Å². The lowest BCUT2D eigenvalue weighted by Crippen LogP contribution is -2.43. The number of carbonyl (C=O) groups is 1. The van der Waals surface area contributed by atoms with Crippen LogP contribution in [0.3, 0.4) is 0 Å². The molecular weight excluding hydrogens is 295 g/mol. The monoisotopic (exact) mass is 308 g/mol. The molecule has 0 saturated carbocycles. The van der Waals surface area contributed by atoms with E-state index in [1.807, 2.05) is 12.1 Å². The molecule has 0 aliphatic carbocycles. The fourth-order valence-corrected chi connectivity index (χ4v) is 2.55. The maximum Gasteiger partial charge on any atom is 0.319 e. The highest BCUT2D eigenvalue weighted by atomic mass is 19.1. The average molecular weight is 308 g/mol. The third-order valence-electron chi connectivity index (χ3n) is 3.69. The quantitative estimate of drug-likeness (QED) is 0.895. The van der Waals surface area contributed by atoms with Crippen LogP contribution in [0, 0.1) is 17.1 Å². The van der Waals surface area contributed by atoms with Crippen LogP contribution < -0.4 is 10.6 Å². The molecular formula is C17H13FN4O. The van der Waals surface area contributed by atoms with E-state index in [-0.39, 0.29) is 11.1 Å². The summed E-state index contributed by atoms with van der Waals surface area (Å²) in [4.78, 5) is 15.7. The molecule has 0 radical (unpaired) electrons. The van der Waals surface area contributed by atoms with Gasteiger partial charge < -0.3 is 10.6 Å². The maximum atomic E-state index is 14.3. The van der Waals surface area contributed by atoms with Crippen LogP contribution in [0.2, 0.25) is 0 Å². The van der Waals surface area contributed by atoms with Crippen LogP contribution in [0.1, 0.15) is 18.5 Å². The molecule has 2 amide bonds. The molecule has 1 atom stereocenters. The first-order valence-corrected chi connectivity index (χ1v) is 6.98. The number of nitriles is 1. The molecule has 0 bridgehead atoms. The van der Waals surface area contributed by atoms with E-state index in [1.54, 1.807) is 37.5 Å². The second-order valence-corrected chi connectivity index (χ2v) is 5.16. The van der Waals surface area contributed by atoms with Crippen molar-refractivity contribution in [2.24, 2.45) is 0 Å². The number of hydrogen-bond acceptors (Lipinski definition) is 3. The van der Waals surface area contributed by atoms with E-state index in [0.717, 1.165) is 11.1 Å². The van der Waals surface area contributed by atoms with Gasteiger partial charge >= 0.3 is 6.03 Å². The predicted molar refractivity (Wildman–Crippen MR) is 82.4 cm³/mol. The first kappa shape index (κ1) is 14.7. The highest BCUT2D eigenvalue weighted by Gasteiger charge is 2.28. The first-order valence-electron chi connectivity index (χ1n) is 6.98. The Morgan fingerprint density at radius 2 is 2.13 bits per heavy atom. The molecule has 1 aromatic heterocycles. The number of urea groups is 1. The molecule has 5 nitrogen and oxygen atoms in total. The van der Waals surface area contributed by atoms with Crippen LogP contribution in [0.5, 0.6) is 0 Å². The lowest BCUT2D eigenvalue weighted by molar-refractivity contribution is 0.238. The molecule has 114 valence electrons. The molecule has 1 unspecified atom stereocenters. The summed E-state index contributed by atoms with van der Waals surface area (Å²) in [5.41, 5.74) is 2.54. The van der Waals surface area contributed by atoms with E-state index >= 15 is 0 Å². The van der Waals surface area contributed by atoms with Gasteiger partial charge in [0.25, 0.3) is 0 Å². The number of pyridine rings is 1. The van der Waals surface area contributed by atoms with Crippen molar-refractivity contribution in [3.63, 3.8) is 0 Å². The first-order chi connectivity index (χ1) is 11.1. The number of rotatable bonds is 2. The number of allylic oxidation sites excluding steroid dienone is 1. The molecule has 3 rings (SSSR count). The van der Waals surface area contributed by atoms with Crippen molar-refractivity contribution in [2.75, 3.05) is 0 Å². The van der Waals surface area contributed by atoms with Crippen molar-refractivity contribution < 1.29 is 9.18 Å². The van der Waals surface area contributed by atoms with Crippen LogP contribution in [0.4, 0.5) is 9.18 Å². The highest BCUT2D eigenvalue weighted by molar-refractivity contribution is 5.79. The Morgan fingerprint density at radius 1 is 1.30 bits per heavy atom. The van der Waals surface area contributed by atoms with Gasteiger partial charge in [0.15, 0.2) is 0 Å². The van der Waals surface area contributed by atoms with Gasteiger partial charge in [-0.25, -0.2) is 9.18 Å². The second kappa shape index (κ2) is 5.89. The van der Waals surface area contributed by atoms with Gasteiger partial charge in [0.1, 0.15) is 5.82 Å². The topological polar surface area (TPSA) is 77.8 Å². The Kier molecular flexibility index (Phi) is 3.77. The zero-order valence-electron chi connectivity index (χ0n) is 12.3. The predicted octanol–water partition coefficient (Wildman–Crippen LogP) is 3.04. The minimum atomic E-state index is -0.814. The smallest absolute Gasteiger partial charge is 0.319 e. The highest BCUT2D eigenvalue weighted by Crippen LogP contribution is 2.31. The zero-order valence-corrected chi connectivity index (χ0v) is 12.3. The fourth-order valence-electron chi connectivity index (χ4n) is 2.55. The van der Waals surface area contributed by atoms with Gasteiger partial charge in [-0.3, -0.25) is 4.98 Å². The van der Waals surface area contributed by atoms with E-state index in [2.05, 4.69) is 15.6 Å². The summed E-state index contributed by atoms with van der Waals surface area (Å²) >= 11 is 0. The Morgan fingerprint density at radius 3 is 2.83 bits per heavy atom. The summed E-state index contributed by atoms with van der Waals surface area (Å²) in [7, 11) is 0. The third kappa shape index (κ3) is 2.77. The summed E-state index contributed by atoms with van der Waals surface area (Å²) < 4.78 is 14.3. The van der Waals surface area contributed by atoms with E-state index in [1.165, 1.54) is 6.07 Å². The van der Waals surface area contributed by atoms with E-state index in [4.69, 9.17) is 0 Å². The fraction of sp³-hybridized carbons (Fsp3) is 0.118. The number of nitrogens with one attached hydrogen (secondary N) is 2.